The minimum atomic E-state index is -0.0294. The van der Waals surface area contributed by atoms with Gasteiger partial charge in [-0.25, -0.2) is 15.0 Å². The molecule has 0 unspecified atom stereocenters. The number of hydrogen-bond donors (Lipinski definition) is 3. The molecule has 11 nitrogen and oxygen atoms in total. The smallest absolute Gasteiger partial charge is 0.248 e. The van der Waals surface area contributed by atoms with E-state index in [1.54, 1.807) is 6.33 Å². The predicted molar refractivity (Wildman–Crippen MR) is 173 cm³/mol. The van der Waals surface area contributed by atoms with Crippen LogP contribution in [-0.4, -0.2) is 95.8 Å². The molecule has 11 heteroatoms. The number of carbonyl (C=O) groups is 1. The van der Waals surface area contributed by atoms with Gasteiger partial charge in [-0.1, -0.05) is 18.7 Å². The molecule has 3 saturated heterocycles. The number of nitrogens with one attached hydrogen (secondary N) is 3. The van der Waals surface area contributed by atoms with E-state index >= 15 is 0 Å². The van der Waals surface area contributed by atoms with Gasteiger partial charge in [-0.05, 0) is 68.2 Å². The highest BCUT2D eigenvalue weighted by atomic mass is 16.5. The summed E-state index contributed by atoms with van der Waals surface area (Å²) in [6, 6.07) is 14.6. The number of likely N-dealkylation sites (tertiary alicyclic amines) is 1. The molecular formula is C33H39N9O2. The Bertz CT molecular complexity index is 1610. The number of hydrogen-bond acceptors (Lipinski definition) is 9. The molecule has 4 aromatic rings. The Morgan fingerprint density at radius 1 is 0.955 bits per heavy atom. The molecule has 7 rings (SSSR count). The van der Waals surface area contributed by atoms with Gasteiger partial charge in [0.15, 0.2) is 0 Å². The Morgan fingerprint density at radius 3 is 2.52 bits per heavy atom. The lowest BCUT2D eigenvalue weighted by Gasteiger charge is -2.35. The average molecular weight is 594 g/mol. The molecule has 228 valence electrons. The highest BCUT2D eigenvalue weighted by Crippen LogP contribution is 2.30. The van der Waals surface area contributed by atoms with Crippen molar-refractivity contribution >= 4 is 40.0 Å². The number of benzene rings is 1. The van der Waals surface area contributed by atoms with Crippen LogP contribution in [0.25, 0.3) is 22.3 Å². The van der Waals surface area contributed by atoms with Crippen molar-refractivity contribution in [3.8, 4) is 11.3 Å². The summed E-state index contributed by atoms with van der Waals surface area (Å²) in [5.74, 6) is 1.84. The topological polar surface area (TPSA) is 115 Å². The number of carbonyl (C=O) groups excluding carboxylic acids is 1. The van der Waals surface area contributed by atoms with E-state index in [0.29, 0.717) is 25.3 Å². The quantitative estimate of drug-likeness (QED) is 0.248. The lowest BCUT2D eigenvalue weighted by molar-refractivity contribution is -0.118. The van der Waals surface area contributed by atoms with Gasteiger partial charge in [0.1, 0.15) is 23.6 Å². The first-order chi connectivity index (χ1) is 21.6. The first kappa shape index (κ1) is 28.3. The third-order valence-electron chi connectivity index (χ3n) is 8.71. The lowest BCUT2D eigenvalue weighted by atomic mass is 10.0. The number of morpholine rings is 1. The number of rotatable bonds is 9. The zero-order valence-electron chi connectivity index (χ0n) is 25.0. The number of nitrogens with zero attached hydrogens (tertiary/aromatic N) is 6. The Labute approximate surface area is 257 Å². The van der Waals surface area contributed by atoms with Gasteiger partial charge < -0.3 is 30.2 Å². The van der Waals surface area contributed by atoms with Gasteiger partial charge in [-0.2, -0.15) is 0 Å². The van der Waals surface area contributed by atoms with E-state index in [0.717, 1.165) is 97.4 Å². The van der Waals surface area contributed by atoms with E-state index in [1.165, 1.54) is 6.42 Å². The number of H-pyrrole nitrogens is 1. The second kappa shape index (κ2) is 12.6. The maximum Gasteiger partial charge on any atom is 0.248 e. The van der Waals surface area contributed by atoms with E-state index in [4.69, 9.17) is 9.72 Å². The Morgan fingerprint density at radius 2 is 1.77 bits per heavy atom. The zero-order valence-corrected chi connectivity index (χ0v) is 25.0. The largest absolute Gasteiger partial charge is 0.378 e. The molecule has 3 aliphatic rings. The van der Waals surface area contributed by atoms with Crippen molar-refractivity contribution in [3.05, 3.63) is 67.1 Å². The molecule has 3 N–H and O–H groups in total. The summed E-state index contributed by atoms with van der Waals surface area (Å²) in [6.07, 6.45) is 6.67. The van der Waals surface area contributed by atoms with Crippen LogP contribution in [0.5, 0.6) is 0 Å². The van der Waals surface area contributed by atoms with Gasteiger partial charge in [-0.15, -0.1) is 0 Å². The summed E-state index contributed by atoms with van der Waals surface area (Å²) in [6.45, 7) is 11.5. The Hall–Kier alpha value is -4.48. The van der Waals surface area contributed by atoms with E-state index < -0.39 is 0 Å². The number of aromatic amines is 1. The van der Waals surface area contributed by atoms with Crippen molar-refractivity contribution in [2.45, 2.75) is 25.3 Å². The summed E-state index contributed by atoms with van der Waals surface area (Å²) in [4.78, 5) is 36.7. The van der Waals surface area contributed by atoms with Crippen LogP contribution >= 0.6 is 0 Å². The summed E-state index contributed by atoms with van der Waals surface area (Å²) >= 11 is 0. The minimum absolute atomic E-state index is 0.0294. The van der Waals surface area contributed by atoms with E-state index in [2.05, 4.69) is 83.3 Å². The third kappa shape index (κ3) is 6.24. The predicted octanol–water partition coefficient (Wildman–Crippen LogP) is 3.95. The molecule has 0 spiro atoms. The van der Waals surface area contributed by atoms with Crippen LogP contribution < -0.4 is 20.4 Å². The maximum atomic E-state index is 12.7. The number of fused-ring (bicyclic) bond motifs is 1. The number of piperidine rings is 1. The highest BCUT2D eigenvalue weighted by molar-refractivity contribution is 5.93. The normalized spacial score (nSPS) is 19.0. The highest BCUT2D eigenvalue weighted by Gasteiger charge is 2.24. The van der Waals surface area contributed by atoms with Gasteiger partial charge in [0.2, 0.25) is 5.91 Å². The number of amides is 1. The summed E-state index contributed by atoms with van der Waals surface area (Å²) in [5, 5.41) is 7.68. The Kier molecular flexibility index (Phi) is 8.12. The number of aromatic nitrogens is 4. The molecule has 0 radical (unpaired) electrons. The van der Waals surface area contributed by atoms with Gasteiger partial charge in [0.05, 0.1) is 30.5 Å². The third-order valence-corrected chi connectivity index (χ3v) is 8.71. The second-order valence-electron chi connectivity index (χ2n) is 11.8. The van der Waals surface area contributed by atoms with E-state index in [-0.39, 0.29) is 11.9 Å². The average Bonchev–Trinajstić information content (AvgIpc) is 3.49. The van der Waals surface area contributed by atoms with Gasteiger partial charge in [0.25, 0.3) is 0 Å². The van der Waals surface area contributed by atoms with Crippen LogP contribution in [-0.2, 0) is 9.53 Å². The molecule has 3 aliphatic heterocycles. The van der Waals surface area contributed by atoms with Crippen molar-refractivity contribution in [1.29, 1.82) is 0 Å². The van der Waals surface area contributed by atoms with Gasteiger partial charge >= 0.3 is 0 Å². The van der Waals surface area contributed by atoms with Crippen LogP contribution in [0.2, 0.25) is 0 Å². The molecule has 0 bridgehead atoms. The van der Waals surface area contributed by atoms with Crippen LogP contribution in [0.15, 0.2) is 67.1 Å². The molecule has 1 amide bonds. The van der Waals surface area contributed by atoms with Crippen LogP contribution in [0.1, 0.15) is 19.3 Å². The molecule has 3 aromatic heterocycles. The van der Waals surface area contributed by atoms with E-state index in [1.807, 2.05) is 12.3 Å². The van der Waals surface area contributed by atoms with Crippen LogP contribution in [0.4, 0.5) is 23.0 Å². The lowest BCUT2D eigenvalue weighted by Crippen LogP contribution is -2.49. The fraction of sp³-hybridized carbons (Fsp3) is 0.394. The first-order valence-electron chi connectivity index (χ1n) is 15.5. The second-order valence-corrected chi connectivity index (χ2v) is 11.8. The number of ether oxygens (including phenoxy) is 1. The standard InChI is InChI=1S/C33H39N9O2/c1-23(20-40-11-3-12-40)33(43)38-27-4-2-13-42(21-27)30-10-9-26(19-34-30)37-25-7-5-24(6-8-25)29-18-28-31(39-29)35-22-36-32(28)41-14-16-44-17-15-41/h5-10,18-19,22,27,37H,1-4,11-17,20-21H2,(H,38,43)(H,35,36,39)/t27-/m1/s1. The summed E-state index contributed by atoms with van der Waals surface area (Å²) in [7, 11) is 0. The van der Waals surface area contributed by atoms with Crippen molar-refractivity contribution in [1.82, 2.24) is 30.2 Å². The molecule has 1 aromatic carbocycles. The molecular weight excluding hydrogens is 554 g/mol. The van der Waals surface area contributed by atoms with Crippen molar-refractivity contribution in [2.24, 2.45) is 0 Å². The molecule has 0 saturated carbocycles. The van der Waals surface area contributed by atoms with Crippen molar-refractivity contribution in [3.63, 3.8) is 0 Å². The Balaban J connectivity index is 0.958. The van der Waals surface area contributed by atoms with Gasteiger partial charge in [-0.3, -0.25) is 9.69 Å². The molecule has 1 atom stereocenters. The van der Waals surface area contributed by atoms with Crippen molar-refractivity contribution < 1.29 is 9.53 Å². The van der Waals surface area contributed by atoms with Crippen LogP contribution in [0, 0.1) is 0 Å². The fourth-order valence-electron chi connectivity index (χ4n) is 6.13. The maximum absolute atomic E-state index is 12.7. The molecule has 0 aliphatic carbocycles. The fourth-order valence-corrected chi connectivity index (χ4v) is 6.13. The molecule has 3 fully saturated rings. The van der Waals surface area contributed by atoms with Crippen molar-refractivity contribution in [2.75, 3.05) is 74.1 Å². The molecule has 6 heterocycles. The SMILES string of the molecule is C=C(CN1CCC1)C(=O)N[C@@H]1CCCN(c2ccc(Nc3ccc(-c4cc5c(N6CCOCC6)ncnc5[nH]4)cc3)cn2)C1. The first-order valence-corrected chi connectivity index (χ1v) is 15.5. The number of pyridine rings is 1. The van der Waals surface area contributed by atoms with E-state index in [9.17, 15) is 4.79 Å². The summed E-state index contributed by atoms with van der Waals surface area (Å²) in [5.41, 5.74) is 5.46. The van der Waals surface area contributed by atoms with Crippen LogP contribution in [0.3, 0.4) is 0 Å². The minimum Gasteiger partial charge on any atom is -0.378 e. The molecule has 44 heavy (non-hydrogen) atoms. The number of anilines is 4. The monoisotopic (exact) mass is 593 g/mol. The summed E-state index contributed by atoms with van der Waals surface area (Å²) < 4.78 is 5.51. The zero-order chi connectivity index (χ0) is 29.9. The van der Waals surface area contributed by atoms with Gasteiger partial charge in [0, 0.05) is 55.7 Å².